The van der Waals surface area contributed by atoms with Gasteiger partial charge in [0.05, 0.1) is 6.54 Å². The Balaban J connectivity index is 1.85. The molecule has 0 bridgehead atoms. The largest absolute Gasteiger partial charge is 0.435 e. The molecule has 116 valence electrons. The first kappa shape index (κ1) is 15.3. The van der Waals surface area contributed by atoms with E-state index in [0.717, 1.165) is 6.07 Å². The Morgan fingerprint density at radius 1 is 1.57 bits per heavy atom. The van der Waals surface area contributed by atoms with Gasteiger partial charge in [0.1, 0.15) is 6.04 Å². The summed E-state index contributed by atoms with van der Waals surface area (Å²) in [6, 6.07) is 0.404. The Bertz CT molecular complexity index is 553. The van der Waals surface area contributed by atoms with Crippen molar-refractivity contribution in [2.75, 3.05) is 6.54 Å². The monoisotopic (exact) mass is 304 g/mol. The number of hydrogen-bond donors (Lipinski definition) is 2. The third-order valence-electron chi connectivity index (χ3n) is 3.21. The quantitative estimate of drug-likeness (QED) is 0.855. The number of rotatable bonds is 4. The van der Waals surface area contributed by atoms with Gasteiger partial charge in [0, 0.05) is 18.7 Å². The molecule has 2 N–H and O–H groups in total. The lowest BCUT2D eigenvalue weighted by molar-refractivity contribution is -0.141. The fourth-order valence-corrected chi connectivity index (χ4v) is 2.09. The number of hydrogen-bond acceptors (Lipinski definition) is 3. The summed E-state index contributed by atoms with van der Waals surface area (Å²) in [6.45, 7) is 1.79. The molecule has 1 aromatic heterocycles. The van der Waals surface area contributed by atoms with Gasteiger partial charge in [-0.05, 0) is 19.4 Å². The molecule has 1 saturated heterocycles. The van der Waals surface area contributed by atoms with Crippen LogP contribution >= 0.6 is 0 Å². The van der Waals surface area contributed by atoms with Crippen molar-refractivity contribution in [3.05, 3.63) is 17.5 Å². The van der Waals surface area contributed by atoms with E-state index in [9.17, 15) is 22.8 Å². The summed E-state index contributed by atoms with van der Waals surface area (Å²) in [4.78, 5) is 22.7. The van der Waals surface area contributed by atoms with Gasteiger partial charge in [0.25, 0.3) is 0 Å². The highest BCUT2D eigenvalue weighted by Crippen LogP contribution is 2.28. The zero-order valence-corrected chi connectivity index (χ0v) is 11.3. The summed E-state index contributed by atoms with van der Waals surface area (Å²) in [6.07, 6.45) is -3.73. The van der Waals surface area contributed by atoms with Crippen molar-refractivity contribution in [3.8, 4) is 0 Å². The van der Waals surface area contributed by atoms with E-state index in [-0.39, 0.29) is 24.9 Å². The van der Waals surface area contributed by atoms with Gasteiger partial charge in [-0.25, -0.2) is 0 Å². The molecule has 1 atom stereocenters. The Morgan fingerprint density at radius 3 is 2.81 bits per heavy atom. The highest BCUT2D eigenvalue weighted by molar-refractivity contribution is 5.90. The first-order valence-electron chi connectivity index (χ1n) is 6.46. The molecule has 0 aliphatic carbocycles. The molecule has 1 aliphatic rings. The standard InChI is InChI=1S/C12H15F3N4O2/c1-7-6-9(12(13,14)15)18-19(7)5-4-16-11(21)8-2-3-10(20)17-8/h6,8H,2-5H2,1H3,(H,16,21)(H,17,20)/t8-/m0/s1. The molecule has 2 amide bonds. The Labute approximate surface area is 118 Å². The first-order valence-corrected chi connectivity index (χ1v) is 6.46. The fourth-order valence-electron chi connectivity index (χ4n) is 2.09. The maximum Gasteiger partial charge on any atom is 0.435 e. The topological polar surface area (TPSA) is 76.0 Å². The van der Waals surface area contributed by atoms with Crippen molar-refractivity contribution in [1.82, 2.24) is 20.4 Å². The zero-order valence-electron chi connectivity index (χ0n) is 11.3. The van der Waals surface area contributed by atoms with Crippen LogP contribution in [0, 0.1) is 6.92 Å². The lowest BCUT2D eigenvalue weighted by Crippen LogP contribution is -2.42. The van der Waals surface area contributed by atoms with Gasteiger partial charge in [-0.15, -0.1) is 0 Å². The summed E-state index contributed by atoms with van der Waals surface area (Å²) in [5.74, 6) is -0.505. The minimum atomic E-state index is -4.48. The molecule has 2 heterocycles. The molecule has 2 rings (SSSR count). The second kappa shape index (κ2) is 5.74. The average Bonchev–Trinajstić information content (AvgIpc) is 2.96. The summed E-state index contributed by atoms with van der Waals surface area (Å²) < 4.78 is 38.7. The molecule has 0 unspecified atom stereocenters. The second-order valence-corrected chi connectivity index (χ2v) is 4.84. The Kier molecular flexibility index (Phi) is 4.19. The SMILES string of the molecule is Cc1cc(C(F)(F)F)nn1CCNC(=O)[C@@H]1CCC(=O)N1. The number of nitrogens with one attached hydrogen (secondary N) is 2. The molecule has 6 nitrogen and oxygen atoms in total. The first-order chi connectivity index (χ1) is 9.77. The van der Waals surface area contributed by atoms with Crippen LogP contribution in [0.4, 0.5) is 13.2 Å². The van der Waals surface area contributed by atoms with Gasteiger partial charge in [-0.3, -0.25) is 14.3 Å². The maximum atomic E-state index is 12.5. The molecule has 0 spiro atoms. The summed E-state index contributed by atoms with van der Waals surface area (Å²) in [5, 5.41) is 8.55. The molecule has 0 radical (unpaired) electrons. The van der Waals surface area contributed by atoms with Gasteiger partial charge in [-0.2, -0.15) is 18.3 Å². The summed E-state index contributed by atoms with van der Waals surface area (Å²) in [7, 11) is 0. The van der Waals surface area contributed by atoms with Crippen molar-refractivity contribution in [1.29, 1.82) is 0 Å². The van der Waals surface area contributed by atoms with E-state index in [4.69, 9.17) is 0 Å². The fraction of sp³-hybridized carbons (Fsp3) is 0.583. The normalized spacial score (nSPS) is 18.7. The number of aromatic nitrogens is 2. The predicted octanol–water partition coefficient (Wildman–Crippen LogP) is 0.605. The number of alkyl halides is 3. The van der Waals surface area contributed by atoms with Crippen LogP contribution in [0.2, 0.25) is 0 Å². The summed E-state index contributed by atoms with van der Waals surface area (Å²) >= 11 is 0. The molecule has 0 saturated carbocycles. The highest BCUT2D eigenvalue weighted by Gasteiger charge is 2.34. The lowest BCUT2D eigenvalue weighted by atomic mass is 10.2. The van der Waals surface area contributed by atoms with Gasteiger partial charge in [0.15, 0.2) is 5.69 Å². The van der Waals surface area contributed by atoms with Crippen LogP contribution in [-0.2, 0) is 22.3 Å². The molecular formula is C12H15F3N4O2. The van der Waals surface area contributed by atoms with Crippen LogP contribution in [0.15, 0.2) is 6.07 Å². The van der Waals surface area contributed by atoms with Crippen LogP contribution in [0.3, 0.4) is 0 Å². The van der Waals surface area contributed by atoms with Gasteiger partial charge in [-0.1, -0.05) is 0 Å². The molecule has 0 aromatic carbocycles. The van der Waals surface area contributed by atoms with E-state index in [1.54, 1.807) is 0 Å². The van der Waals surface area contributed by atoms with Crippen molar-refractivity contribution in [3.63, 3.8) is 0 Å². The number of carbonyl (C=O) groups is 2. The molecule has 9 heteroatoms. The van der Waals surface area contributed by atoms with Crippen molar-refractivity contribution >= 4 is 11.8 Å². The number of nitrogens with zero attached hydrogens (tertiary/aromatic N) is 2. The third kappa shape index (κ3) is 3.73. The van der Waals surface area contributed by atoms with Gasteiger partial charge >= 0.3 is 6.18 Å². The minimum absolute atomic E-state index is 0.133. The van der Waals surface area contributed by atoms with Crippen molar-refractivity contribution < 1.29 is 22.8 Å². The van der Waals surface area contributed by atoms with E-state index in [0.29, 0.717) is 18.5 Å². The van der Waals surface area contributed by atoms with Crippen molar-refractivity contribution in [2.45, 2.75) is 38.5 Å². The lowest BCUT2D eigenvalue weighted by Gasteiger charge is -2.11. The minimum Gasteiger partial charge on any atom is -0.352 e. The zero-order chi connectivity index (χ0) is 15.6. The smallest absolute Gasteiger partial charge is 0.352 e. The third-order valence-corrected chi connectivity index (χ3v) is 3.21. The average molecular weight is 304 g/mol. The van der Waals surface area contributed by atoms with Crippen LogP contribution in [-0.4, -0.2) is 34.2 Å². The van der Waals surface area contributed by atoms with Gasteiger partial charge in [0.2, 0.25) is 11.8 Å². The van der Waals surface area contributed by atoms with E-state index in [1.807, 2.05) is 0 Å². The molecule has 1 aliphatic heterocycles. The van der Waals surface area contributed by atoms with Crippen LogP contribution in [0.25, 0.3) is 0 Å². The number of aryl methyl sites for hydroxylation is 1. The molecule has 1 fully saturated rings. The van der Waals surface area contributed by atoms with Crippen LogP contribution < -0.4 is 10.6 Å². The maximum absolute atomic E-state index is 12.5. The highest BCUT2D eigenvalue weighted by atomic mass is 19.4. The van der Waals surface area contributed by atoms with E-state index < -0.39 is 17.9 Å². The Morgan fingerprint density at radius 2 is 2.29 bits per heavy atom. The van der Waals surface area contributed by atoms with Crippen molar-refractivity contribution in [2.24, 2.45) is 0 Å². The van der Waals surface area contributed by atoms with Crippen LogP contribution in [0.5, 0.6) is 0 Å². The number of amides is 2. The van der Waals surface area contributed by atoms with E-state index >= 15 is 0 Å². The van der Waals surface area contributed by atoms with Gasteiger partial charge < -0.3 is 10.6 Å². The van der Waals surface area contributed by atoms with Crippen LogP contribution in [0.1, 0.15) is 24.2 Å². The number of halogens is 3. The Hall–Kier alpha value is -2.06. The van der Waals surface area contributed by atoms with E-state index in [2.05, 4.69) is 15.7 Å². The molecular weight excluding hydrogens is 289 g/mol. The number of carbonyl (C=O) groups excluding carboxylic acids is 2. The molecule has 1 aromatic rings. The summed E-state index contributed by atoms with van der Waals surface area (Å²) in [5.41, 5.74) is -0.583. The van der Waals surface area contributed by atoms with E-state index in [1.165, 1.54) is 11.6 Å². The predicted molar refractivity (Wildman–Crippen MR) is 66.1 cm³/mol. The molecule has 21 heavy (non-hydrogen) atoms. The second-order valence-electron chi connectivity index (χ2n) is 4.84.